The van der Waals surface area contributed by atoms with E-state index in [4.69, 9.17) is 0 Å². The van der Waals surface area contributed by atoms with Gasteiger partial charge in [0.25, 0.3) is 0 Å². The molecule has 1 N–H and O–H groups in total. The zero-order valence-corrected chi connectivity index (χ0v) is 18.2. The van der Waals surface area contributed by atoms with E-state index >= 15 is 0 Å². The number of tetrazole rings is 1. The summed E-state index contributed by atoms with van der Waals surface area (Å²) in [5.41, 5.74) is 3.90. The maximum Gasteiger partial charge on any atom is 0.179 e. The van der Waals surface area contributed by atoms with Crippen molar-refractivity contribution in [1.82, 2.24) is 40.2 Å². The summed E-state index contributed by atoms with van der Waals surface area (Å²) in [6, 6.07) is 3.98. The number of aromatic nitrogens is 8. The van der Waals surface area contributed by atoms with Crippen LogP contribution in [0.1, 0.15) is 78.5 Å². The van der Waals surface area contributed by atoms with Crippen molar-refractivity contribution in [2.75, 3.05) is 0 Å². The molecular weight excluding hydrogens is 352 g/mol. The maximum absolute atomic E-state index is 4.21. The van der Waals surface area contributed by atoms with Gasteiger partial charge in [-0.3, -0.25) is 5.10 Å². The van der Waals surface area contributed by atoms with E-state index in [1.807, 2.05) is 40.0 Å². The lowest BCUT2D eigenvalue weighted by Gasteiger charge is -2.03. The van der Waals surface area contributed by atoms with E-state index in [0.29, 0.717) is 11.8 Å². The van der Waals surface area contributed by atoms with Gasteiger partial charge in [0.2, 0.25) is 0 Å². The highest BCUT2D eigenvalue weighted by atomic mass is 15.5. The van der Waals surface area contributed by atoms with Gasteiger partial charge < -0.3 is 0 Å². The Morgan fingerprint density at radius 2 is 1.64 bits per heavy atom. The Balaban J connectivity index is 0.000000238. The number of H-pyrrole nitrogens is 1. The molecule has 4 aromatic rings. The largest absolute Gasteiger partial charge is 0.261 e. The van der Waals surface area contributed by atoms with Crippen LogP contribution in [0.3, 0.4) is 0 Å². The fourth-order valence-electron chi connectivity index (χ4n) is 2.34. The molecule has 0 aliphatic carbocycles. The topological polar surface area (TPSA) is 97.5 Å². The van der Waals surface area contributed by atoms with Crippen LogP contribution in [0, 0.1) is 0 Å². The molecule has 152 valence electrons. The first-order chi connectivity index (χ1) is 13.6. The van der Waals surface area contributed by atoms with Crippen molar-refractivity contribution in [2.24, 2.45) is 0 Å². The van der Waals surface area contributed by atoms with E-state index in [1.54, 1.807) is 17.0 Å². The van der Waals surface area contributed by atoms with E-state index in [-0.39, 0.29) is 0 Å². The van der Waals surface area contributed by atoms with Crippen molar-refractivity contribution >= 4 is 16.7 Å². The van der Waals surface area contributed by atoms with Crippen molar-refractivity contribution in [3.05, 3.63) is 42.1 Å². The van der Waals surface area contributed by atoms with Gasteiger partial charge in [-0.2, -0.15) is 5.10 Å². The van der Waals surface area contributed by atoms with E-state index in [9.17, 15) is 0 Å². The number of pyridine rings is 1. The maximum atomic E-state index is 4.21. The second-order valence-electron chi connectivity index (χ2n) is 6.14. The second-order valence-corrected chi connectivity index (χ2v) is 6.14. The molecule has 0 aromatic carbocycles. The third-order valence-electron chi connectivity index (χ3n) is 3.71. The van der Waals surface area contributed by atoms with Crippen LogP contribution in [0.25, 0.3) is 16.7 Å². The third-order valence-corrected chi connectivity index (χ3v) is 3.71. The van der Waals surface area contributed by atoms with Crippen molar-refractivity contribution in [3.63, 3.8) is 0 Å². The minimum Gasteiger partial charge on any atom is -0.261 e. The Bertz CT molecular complexity index is 939. The quantitative estimate of drug-likeness (QED) is 0.534. The lowest BCUT2D eigenvalue weighted by molar-refractivity contribution is 0.795. The molecule has 0 aliphatic rings. The highest BCUT2D eigenvalue weighted by Gasteiger charge is 2.07. The second kappa shape index (κ2) is 11.7. The summed E-state index contributed by atoms with van der Waals surface area (Å²) >= 11 is 0. The van der Waals surface area contributed by atoms with Gasteiger partial charge in [0.1, 0.15) is 6.33 Å². The summed E-state index contributed by atoms with van der Waals surface area (Å²) in [6.07, 6.45) is 5.29. The summed E-state index contributed by atoms with van der Waals surface area (Å²) < 4.78 is 1.69. The average Bonchev–Trinajstić information content (AvgIpc) is 3.39. The summed E-state index contributed by atoms with van der Waals surface area (Å²) in [5, 5.41) is 19.0. The Hall–Kier alpha value is -2.90. The Morgan fingerprint density at radius 3 is 2.29 bits per heavy atom. The fraction of sp³-hybridized carbons (Fsp3) is 0.500. The Kier molecular flexibility index (Phi) is 9.70. The number of hydrogen-bond donors (Lipinski definition) is 1. The van der Waals surface area contributed by atoms with Crippen molar-refractivity contribution in [1.29, 1.82) is 0 Å². The third kappa shape index (κ3) is 5.80. The molecule has 28 heavy (non-hydrogen) atoms. The molecule has 0 radical (unpaired) electrons. The lowest BCUT2D eigenvalue weighted by Crippen LogP contribution is -1.93. The van der Waals surface area contributed by atoms with Gasteiger partial charge in [0, 0.05) is 6.20 Å². The van der Waals surface area contributed by atoms with E-state index in [2.05, 4.69) is 69.5 Å². The van der Waals surface area contributed by atoms with Crippen molar-refractivity contribution in [3.8, 4) is 0 Å². The molecule has 0 saturated heterocycles. The molecule has 4 rings (SSSR count). The van der Waals surface area contributed by atoms with Gasteiger partial charge in [0.05, 0.1) is 17.3 Å². The molecule has 4 aromatic heterocycles. The highest BCUT2D eigenvalue weighted by molar-refractivity contribution is 5.76. The smallest absolute Gasteiger partial charge is 0.179 e. The van der Waals surface area contributed by atoms with Gasteiger partial charge >= 0.3 is 0 Å². The normalized spacial score (nSPS) is 10.1. The fourth-order valence-corrected chi connectivity index (χ4v) is 2.34. The molecular formula is C20H32N8. The first-order valence-electron chi connectivity index (χ1n) is 9.88. The van der Waals surface area contributed by atoms with Crippen LogP contribution in [0.2, 0.25) is 0 Å². The number of nitrogens with zero attached hydrogens (tertiary/aromatic N) is 7. The number of fused-ring (bicyclic) bond motifs is 2. The van der Waals surface area contributed by atoms with Gasteiger partial charge in [0.15, 0.2) is 11.3 Å². The molecule has 0 amide bonds. The average molecular weight is 385 g/mol. The van der Waals surface area contributed by atoms with Gasteiger partial charge in [-0.05, 0) is 33.9 Å². The monoisotopic (exact) mass is 384 g/mol. The predicted molar refractivity (Wildman–Crippen MR) is 113 cm³/mol. The molecule has 8 heteroatoms. The molecule has 0 saturated carbocycles. The van der Waals surface area contributed by atoms with Gasteiger partial charge in [-0.1, -0.05) is 61.5 Å². The predicted octanol–water partition coefficient (Wildman–Crippen LogP) is 4.78. The molecule has 0 bridgehead atoms. The van der Waals surface area contributed by atoms with Crippen molar-refractivity contribution < 1.29 is 0 Å². The minimum atomic E-state index is 0.410. The molecule has 0 fully saturated rings. The Morgan fingerprint density at radius 1 is 0.929 bits per heavy atom. The molecule has 8 nitrogen and oxygen atoms in total. The first-order valence-corrected chi connectivity index (χ1v) is 9.88. The SMILES string of the molecule is CC.CC.CC(C)c1ccc2nnnn2c1.CC(C)c1ncnc2[nH]ncc12. The summed E-state index contributed by atoms with van der Waals surface area (Å²) in [6.45, 7) is 16.5. The number of aromatic amines is 1. The van der Waals surface area contributed by atoms with Gasteiger partial charge in [-0.15, -0.1) is 5.10 Å². The zero-order chi connectivity index (χ0) is 21.1. The summed E-state index contributed by atoms with van der Waals surface area (Å²) in [5.74, 6) is 0.923. The molecule has 0 unspecified atom stereocenters. The van der Waals surface area contributed by atoms with Crippen LogP contribution >= 0.6 is 0 Å². The van der Waals surface area contributed by atoms with E-state index < -0.39 is 0 Å². The number of hydrogen-bond acceptors (Lipinski definition) is 6. The molecule has 0 spiro atoms. The molecule has 0 aliphatic heterocycles. The van der Waals surface area contributed by atoms with Crippen molar-refractivity contribution in [2.45, 2.75) is 67.2 Å². The van der Waals surface area contributed by atoms with E-state index in [1.165, 1.54) is 5.56 Å². The number of nitrogens with one attached hydrogen (secondary N) is 1. The summed E-state index contributed by atoms with van der Waals surface area (Å²) in [7, 11) is 0. The van der Waals surface area contributed by atoms with Crippen LogP contribution in [0.15, 0.2) is 30.9 Å². The zero-order valence-electron chi connectivity index (χ0n) is 18.2. The van der Waals surface area contributed by atoms with Crippen LogP contribution in [-0.4, -0.2) is 40.2 Å². The van der Waals surface area contributed by atoms with Crippen LogP contribution < -0.4 is 0 Å². The molecule has 0 atom stereocenters. The minimum absolute atomic E-state index is 0.410. The van der Waals surface area contributed by atoms with Crippen LogP contribution in [0.5, 0.6) is 0 Å². The Labute approximate surface area is 166 Å². The summed E-state index contributed by atoms with van der Waals surface area (Å²) in [4.78, 5) is 8.26. The standard InChI is InChI=1S/2C8H10N4.2C2H6/c1-5(2)7-6-3-11-12-8(6)10-4-9-7;1-6(2)7-3-4-8-9-10-11-12(8)5-7;2*1-2/h3-5H,1-2H3,(H,9,10,11,12);3-6H,1-2H3;2*1-2H3. The molecule has 4 heterocycles. The van der Waals surface area contributed by atoms with E-state index in [0.717, 1.165) is 22.4 Å². The first kappa shape index (κ1) is 23.1. The van der Waals surface area contributed by atoms with Crippen LogP contribution in [-0.2, 0) is 0 Å². The number of rotatable bonds is 2. The van der Waals surface area contributed by atoms with Gasteiger partial charge in [-0.25, -0.2) is 14.5 Å². The lowest BCUT2D eigenvalue weighted by atomic mass is 10.1. The van der Waals surface area contributed by atoms with Crippen LogP contribution in [0.4, 0.5) is 0 Å². The highest BCUT2D eigenvalue weighted by Crippen LogP contribution is 2.19.